The van der Waals surface area contributed by atoms with Gasteiger partial charge in [0.2, 0.25) is 0 Å². The normalized spacial score (nSPS) is 17.1. The topological polar surface area (TPSA) is 38.0 Å². The number of benzene rings is 1. The third kappa shape index (κ3) is 3.14. The van der Waals surface area contributed by atoms with Crippen molar-refractivity contribution in [1.29, 1.82) is 0 Å². The zero-order chi connectivity index (χ0) is 11.5. The van der Waals surface area contributed by atoms with E-state index in [9.17, 15) is 0 Å². The molecule has 0 radical (unpaired) electrons. The van der Waals surface area contributed by atoms with Crippen LogP contribution in [0, 0.1) is 5.92 Å². The maximum atomic E-state index is 5.72. The lowest BCUT2D eigenvalue weighted by Gasteiger charge is -2.19. The summed E-state index contributed by atoms with van der Waals surface area (Å²) >= 11 is 3.54. The van der Waals surface area contributed by atoms with Gasteiger partial charge in [-0.15, -0.1) is 0 Å². The summed E-state index contributed by atoms with van der Waals surface area (Å²) in [6, 6.07) is 6.53. The lowest BCUT2D eigenvalue weighted by molar-refractivity contribution is 0.587. The van der Waals surface area contributed by atoms with Crippen molar-refractivity contribution in [1.82, 2.24) is 0 Å². The van der Waals surface area contributed by atoms with Crippen LogP contribution < -0.4 is 11.1 Å². The first-order valence-electron chi connectivity index (χ1n) is 6.00. The average molecular weight is 283 g/mol. The van der Waals surface area contributed by atoms with Crippen LogP contribution in [0.4, 0.5) is 11.4 Å². The standard InChI is InChI=1S/C13H19BrN2/c1-2-11(7-9-3-4-9)16-13-6-5-10(15)8-12(13)14/h5-6,8-9,11,16H,2-4,7,15H2,1H3. The van der Waals surface area contributed by atoms with E-state index in [4.69, 9.17) is 5.73 Å². The van der Waals surface area contributed by atoms with Gasteiger partial charge in [0.05, 0.1) is 0 Å². The molecule has 3 N–H and O–H groups in total. The van der Waals surface area contributed by atoms with Gasteiger partial charge in [-0.1, -0.05) is 19.8 Å². The molecule has 2 rings (SSSR count). The second-order valence-electron chi connectivity index (χ2n) is 4.67. The van der Waals surface area contributed by atoms with Gasteiger partial charge < -0.3 is 11.1 Å². The summed E-state index contributed by atoms with van der Waals surface area (Å²) in [5.41, 5.74) is 7.68. The molecule has 0 amide bonds. The highest BCUT2D eigenvalue weighted by molar-refractivity contribution is 9.10. The van der Waals surface area contributed by atoms with E-state index in [1.54, 1.807) is 0 Å². The van der Waals surface area contributed by atoms with Gasteiger partial charge in [0.1, 0.15) is 0 Å². The highest BCUT2D eigenvalue weighted by Crippen LogP contribution is 2.35. The number of hydrogen-bond acceptors (Lipinski definition) is 2. The fourth-order valence-corrected chi connectivity index (χ4v) is 2.46. The Morgan fingerprint density at radius 3 is 2.81 bits per heavy atom. The summed E-state index contributed by atoms with van der Waals surface area (Å²) in [7, 11) is 0. The van der Waals surface area contributed by atoms with Gasteiger partial charge in [-0.05, 0) is 52.9 Å². The molecule has 0 saturated heterocycles. The summed E-state index contributed by atoms with van der Waals surface area (Å²) in [5.74, 6) is 0.963. The molecule has 0 spiro atoms. The molecular formula is C13H19BrN2. The highest BCUT2D eigenvalue weighted by atomic mass is 79.9. The van der Waals surface area contributed by atoms with E-state index in [-0.39, 0.29) is 0 Å². The molecule has 1 aliphatic rings. The van der Waals surface area contributed by atoms with Gasteiger partial charge in [-0.3, -0.25) is 0 Å². The molecule has 1 unspecified atom stereocenters. The maximum absolute atomic E-state index is 5.72. The van der Waals surface area contributed by atoms with Crippen molar-refractivity contribution in [2.75, 3.05) is 11.1 Å². The van der Waals surface area contributed by atoms with Crippen LogP contribution in [0.15, 0.2) is 22.7 Å². The Morgan fingerprint density at radius 1 is 1.50 bits per heavy atom. The number of rotatable bonds is 5. The largest absolute Gasteiger partial charge is 0.399 e. The first-order chi connectivity index (χ1) is 7.69. The van der Waals surface area contributed by atoms with Gasteiger partial charge >= 0.3 is 0 Å². The van der Waals surface area contributed by atoms with Gasteiger partial charge in [0.25, 0.3) is 0 Å². The Kier molecular flexibility index (Phi) is 3.74. The van der Waals surface area contributed by atoms with Crippen LogP contribution in [-0.4, -0.2) is 6.04 Å². The number of nitrogens with one attached hydrogen (secondary N) is 1. The molecule has 1 aliphatic carbocycles. The van der Waals surface area contributed by atoms with Crippen molar-refractivity contribution >= 4 is 27.3 Å². The van der Waals surface area contributed by atoms with Gasteiger partial charge in [0.15, 0.2) is 0 Å². The fraction of sp³-hybridized carbons (Fsp3) is 0.538. The van der Waals surface area contributed by atoms with Crippen molar-refractivity contribution in [2.45, 2.75) is 38.6 Å². The zero-order valence-electron chi connectivity index (χ0n) is 9.67. The molecule has 1 aromatic rings. The minimum Gasteiger partial charge on any atom is -0.399 e. The lowest BCUT2D eigenvalue weighted by Crippen LogP contribution is -2.19. The molecule has 1 saturated carbocycles. The summed E-state index contributed by atoms with van der Waals surface area (Å²) in [4.78, 5) is 0. The Bertz CT molecular complexity index is 361. The van der Waals surface area contributed by atoms with Crippen LogP contribution in [0.25, 0.3) is 0 Å². The van der Waals surface area contributed by atoms with E-state index in [0.29, 0.717) is 6.04 Å². The Balaban J connectivity index is 1.99. The Morgan fingerprint density at radius 2 is 2.25 bits per heavy atom. The second-order valence-corrected chi connectivity index (χ2v) is 5.52. The van der Waals surface area contributed by atoms with Crippen LogP contribution in [0.1, 0.15) is 32.6 Å². The minimum atomic E-state index is 0.590. The van der Waals surface area contributed by atoms with Crippen molar-refractivity contribution in [3.63, 3.8) is 0 Å². The van der Waals surface area contributed by atoms with Gasteiger partial charge in [0, 0.05) is 21.9 Å². The second kappa shape index (κ2) is 5.09. The maximum Gasteiger partial charge on any atom is 0.0488 e. The Hall–Kier alpha value is -0.700. The quantitative estimate of drug-likeness (QED) is 0.801. The van der Waals surface area contributed by atoms with E-state index < -0.39 is 0 Å². The first kappa shape index (κ1) is 11.8. The minimum absolute atomic E-state index is 0.590. The molecule has 88 valence electrons. The predicted molar refractivity (Wildman–Crippen MR) is 73.6 cm³/mol. The van der Waals surface area contributed by atoms with Crippen molar-refractivity contribution in [3.05, 3.63) is 22.7 Å². The monoisotopic (exact) mass is 282 g/mol. The number of halogens is 1. The molecule has 2 nitrogen and oxygen atoms in total. The molecule has 0 bridgehead atoms. The molecule has 0 aliphatic heterocycles. The summed E-state index contributed by atoms with van der Waals surface area (Å²) < 4.78 is 1.06. The van der Waals surface area contributed by atoms with Gasteiger partial charge in [-0.2, -0.15) is 0 Å². The number of nitrogens with two attached hydrogens (primary N) is 1. The number of anilines is 2. The van der Waals surface area contributed by atoms with Crippen molar-refractivity contribution < 1.29 is 0 Å². The third-order valence-corrected chi connectivity index (χ3v) is 3.82. The summed E-state index contributed by atoms with van der Waals surface area (Å²) in [6.45, 7) is 2.24. The lowest BCUT2D eigenvalue weighted by atomic mass is 10.1. The predicted octanol–water partition coefficient (Wildman–Crippen LogP) is 4.02. The van der Waals surface area contributed by atoms with Crippen LogP contribution in [0.2, 0.25) is 0 Å². The molecule has 3 heteroatoms. The molecule has 1 fully saturated rings. The smallest absolute Gasteiger partial charge is 0.0488 e. The summed E-state index contributed by atoms with van der Waals surface area (Å²) in [5, 5.41) is 3.59. The molecule has 0 aromatic heterocycles. The average Bonchev–Trinajstić information content (AvgIpc) is 3.04. The van der Waals surface area contributed by atoms with E-state index in [1.807, 2.05) is 12.1 Å². The van der Waals surface area contributed by atoms with Crippen LogP contribution >= 0.6 is 15.9 Å². The zero-order valence-corrected chi connectivity index (χ0v) is 11.3. The van der Waals surface area contributed by atoms with E-state index in [2.05, 4.69) is 34.2 Å². The van der Waals surface area contributed by atoms with E-state index >= 15 is 0 Å². The molecule has 16 heavy (non-hydrogen) atoms. The van der Waals surface area contributed by atoms with Crippen molar-refractivity contribution in [3.8, 4) is 0 Å². The Labute approximate surface area is 106 Å². The molecular weight excluding hydrogens is 264 g/mol. The SMILES string of the molecule is CCC(CC1CC1)Nc1ccc(N)cc1Br. The van der Waals surface area contributed by atoms with E-state index in [1.165, 1.54) is 25.7 Å². The number of hydrogen-bond donors (Lipinski definition) is 2. The van der Waals surface area contributed by atoms with Crippen LogP contribution in [0.3, 0.4) is 0 Å². The molecule has 0 heterocycles. The number of nitrogen functional groups attached to an aromatic ring is 1. The molecule has 1 atom stereocenters. The highest BCUT2D eigenvalue weighted by Gasteiger charge is 2.24. The first-order valence-corrected chi connectivity index (χ1v) is 6.80. The summed E-state index contributed by atoms with van der Waals surface area (Å²) in [6.07, 6.45) is 5.31. The van der Waals surface area contributed by atoms with Crippen molar-refractivity contribution in [2.24, 2.45) is 5.92 Å². The van der Waals surface area contributed by atoms with Gasteiger partial charge in [-0.25, -0.2) is 0 Å². The third-order valence-electron chi connectivity index (χ3n) is 3.16. The van der Waals surface area contributed by atoms with E-state index in [0.717, 1.165) is 21.8 Å². The van der Waals surface area contributed by atoms with Crippen LogP contribution in [-0.2, 0) is 0 Å². The van der Waals surface area contributed by atoms with Crippen LogP contribution in [0.5, 0.6) is 0 Å². The molecule has 1 aromatic carbocycles. The fourth-order valence-electron chi connectivity index (χ4n) is 1.95.